The highest BCUT2D eigenvalue weighted by Crippen LogP contribution is 2.31. The van der Waals surface area contributed by atoms with E-state index in [0.29, 0.717) is 41.5 Å². The van der Waals surface area contributed by atoms with Gasteiger partial charge in [0.2, 0.25) is 0 Å². The zero-order valence-electron chi connectivity index (χ0n) is 16.4. The van der Waals surface area contributed by atoms with Crippen molar-refractivity contribution >= 4 is 11.7 Å². The molecule has 2 heterocycles. The van der Waals surface area contributed by atoms with Gasteiger partial charge in [-0.2, -0.15) is 5.26 Å². The van der Waals surface area contributed by atoms with Gasteiger partial charge in [0.1, 0.15) is 11.9 Å². The molecule has 3 rings (SSSR count). The Morgan fingerprint density at radius 3 is 2.57 bits per heavy atom. The largest absolute Gasteiger partial charge is 0.478 e. The minimum Gasteiger partial charge on any atom is -0.478 e. The summed E-state index contributed by atoms with van der Waals surface area (Å²) in [4.78, 5) is 18.0. The van der Waals surface area contributed by atoms with Crippen LogP contribution >= 0.6 is 0 Å². The van der Waals surface area contributed by atoms with Gasteiger partial charge in [0.05, 0.1) is 22.5 Å². The van der Waals surface area contributed by atoms with Crippen LogP contribution in [-0.2, 0) is 6.42 Å². The minimum absolute atomic E-state index is 0.294. The first-order chi connectivity index (χ1) is 13.3. The van der Waals surface area contributed by atoms with E-state index in [-0.39, 0.29) is 5.82 Å². The fourth-order valence-corrected chi connectivity index (χ4v) is 4.26. The van der Waals surface area contributed by atoms with Crippen molar-refractivity contribution in [2.24, 2.45) is 5.92 Å². The summed E-state index contributed by atoms with van der Waals surface area (Å²) in [6, 6.07) is 6.66. The molecule has 1 aliphatic rings. The lowest BCUT2D eigenvalue weighted by molar-refractivity contribution is 0.0694. The number of para-hydroxylation sites is 1. The molecule has 1 aliphatic heterocycles. The number of aryl methyl sites for hydroxylation is 2. The van der Waals surface area contributed by atoms with E-state index in [9.17, 15) is 19.6 Å². The van der Waals surface area contributed by atoms with Crippen molar-refractivity contribution < 1.29 is 14.3 Å². The smallest absolute Gasteiger partial charge is 0.337 e. The second-order valence-electron chi connectivity index (χ2n) is 7.45. The van der Waals surface area contributed by atoms with Crippen molar-refractivity contribution in [1.82, 2.24) is 4.98 Å². The Bertz CT molecular complexity index is 957. The van der Waals surface area contributed by atoms with E-state index in [1.54, 1.807) is 19.1 Å². The van der Waals surface area contributed by atoms with Gasteiger partial charge in [-0.1, -0.05) is 6.07 Å². The molecule has 0 atom stereocenters. The number of nitriles is 1. The molecule has 1 aromatic heterocycles. The third kappa shape index (κ3) is 3.70. The van der Waals surface area contributed by atoms with Crippen LogP contribution in [0.5, 0.6) is 0 Å². The molecule has 0 amide bonds. The van der Waals surface area contributed by atoms with Crippen LogP contribution < -0.4 is 4.90 Å². The summed E-state index contributed by atoms with van der Waals surface area (Å²) in [5, 5.41) is 18.8. The number of halogens is 1. The topological polar surface area (TPSA) is 77.2 Å². The third-order valence-electron chi connectivity index (χ3n) is 5.71. The van der Waals surface area contributed by atoms with Crippen LogP contribution in [0.25, 0.3) is 0 Å². The van der Waals surface area contributed by atoms with Gasteiger partial charge in [0.15, 0.2) is 0 Å². The summed E-state index contributed by atoms with van der Waals surface area (Å²) in [6.45, 7) is 6.85. The van der Waals surface area contributed by atoms with Crippen LogP contribution in [0.15, 0.2) is 18.2 Å². The first-order valence-corrected chi connectivity index (χ1v) is 9.47. The van der Waals surface area contributed by atoms with Gasteiger partial charge in [0, 0.05) is 18.8 Å². The fraction of sp³-hybridized carbons (Fsp3) is 0.409. The summed E-state index contributed by atoms with van der Waals surface area (Å²) >= 11 is 0. The van der Waals surface area contributed by atoms with E-state index in [0.717, 1.165) is 36.1 Å². The first kappa shape index (κ1) is 19.8. The molecule has 1 fully saturated rings. The first-order valence-electron chi connectivity index (χ1n) is 9.47. The molecule has 0 unspecified atom stereocenters. The lowest BCUT2D eigenvalue weighted by Gasteiger charge is -2.34. The summed E-state index contributed by atoms with van der Waals surface area (Å²) < 4.78 is 14.3. The number of carboxylic acid groups (broad SMARTS) is 1. The second-order valence-corrected chi connectivity index (χ2v) is 7.45. The number of rotatable bonds is 4. The van der Waals surface area contributed by atoms with Crippen LogP contribution in [0.2, 0.25) is 0 Å². The van der Waals surface area contributed by atoms with Crippen molar-refractivity contribution in [2.75, 3.05) is 18.0 Å². The number of carbonyl (C=O) groups is 1. The van der Waals surface area contributed by atoms with Crippen LogP contribution in [-0.4, -0.2) is 29.1 Å². The van der Waals surface area contributed by atoms with Crippen molar-refractivity contribution in [3.05, 3.63) is 57.7 Å². The summed E-state index contributed by atoms with van der Waals surface area (Å²) in [7, 11) is 0. The Morgan fingerprint density at radius 2 is 1.96 bits per heavy atom. The van der Waals surface area contributed by atoms with E-state index in [1.807, 2.05) is 18.7 Å². The molecule has 1 saturated heterocycles. The molecule has 0 aliphatic carbocycles. The molecule has 5 nitrogen and oxygen atoms in total. The van der Waals surface area contributed by atoms with Crippen LogP contribution in [0, 0.1) is 43.8 Å². The molecule has 0 radical (unpaired) electrons. The molecule has 6 heteroatoms. The number of carboxylic acids is 1. The molecule has 1 aromatic carbocycles. The minimum atomic E-state index is -0.942. The number of hydrogen-bond acceptors (Lipinski definition) is 4. The maximum absolute atomic E-state index is 14.3. The van der Waals surface area contributed by atoms with E-state index < -0.39 is 5.97 Å². The number of hydrogen-bond donors (Lipinski definition) is 1. The highest BCUT2D eigenvalue weighted by molar-refractivity contribution is 5.91. The van der Waals surface area contributed by atoms with E-state index in [1.165, 1.54) is 6.07 Å². The molecule has 146 valence electrons. The van der Waals surface area contributed by atoms with Gasteiger partial charge in [-0.05, 0) is 69.2 Å². The van der Waals surface area contributed by atoms with Crippen molar-refractivity contribution in [3.8, 4) is 6.07 Å². The molecule has 0 bridgehead atoms. The lowest BCUT2D eigenvalue weighted by atomic mass is 9.86. The van der Waals surface area contributed by atoms with Crippen molar-refractivity contribution in [1.29, 1.82) is 5.26 Å². The van der Waals surface area contributed by atoms with E-state index in [2.05, 4.69) is 11.1 Å². The maximum atomic E-state index is 14.3. The molecule has 28 heavy (non-hydrogen) atoms. The number of benzene rings is 1. The standard InChI is InChI=1S/C22H24FN3O2/c1-13-18(14(2)25-15(3)20(13)22(27)28)11-16-7-9-26(10-8-16)21-17(12-24)5-4-6-19(21)23/h4-6,16H,7-11H2,1-3H3,(H,27,28). The summed E-state index contributed by atoms with van der Waals surface area (Å²) in [6.07, 6.45) is 2.48. The zero-order chi connectivity index (χ0) is 20.4. The number of aromatic nitrogens is 1. The molecule has 0 saturated carbocycles. The van der Waals surface area contributed by atoms with Gasteiger partial charge in [0.25, 0.3) is 0 Å². The lowest BCUT2D eigenvalue weighted by Crippen LogP contribution is -2.35. The Balaban J connectivity index is 1.77. The number of nitrogens with zero attached hydrogens (tertiary/aromatic N) is 3. The Labute approximate surface area is 164 Å². The van der Waals surface area contributed by atoms with Gasteiger partial charge in [-0.15, -0.1) is 0 Å². The molecular formula is C22H24FN3O2. The van der Waals surface area contributed by atoms with Crippen LogP contribution in [0.3, 0.4) is 0 Å². The predicted octanol–water partition coefficient (Wildman–Crippen LogP) is 4.17. The Kier molecular flexibility index (Phi) is 5.64. The maximum Gasteiger partial charge on any atom is 0.337 e. The summed E-state index contributed by atoms with van der Waals surface area (Å²) in [5.41, 5.74) is 4.27. The van der Waals surface area contributed by atoms with Crippen LogP contribution in [0.1, 0.15) is 51.3 Å². The molecule has 2 aromatic rings. The van der Waals surface area contributed by atoms with Crippen molar-refractivity contribution in [3.63, 3.8) is 0 Å². The highest BCUT2D eigenvalue weighted by atomic mass is 19.1. The zero-order valence-corrected chi connectivity index (χ0v) is 16.4. The average Bonchev–Trinajstić information content (AvgIpc) is 2.65. The number of anilines is 1. The normalized spacial score (nSPS) is 14.8. The Hall–Kier alpha value is -2.94. The SMILES string of the molecule is Cc1nc(C)c(C(=O)O)c(C)c1CC1CCN(c2c(F)cccc2C#N)CC1. The summed E-state index contributed by atoms with van der Waals surface area (Å²) in [5.74, 6) is -0.933. The second kappa shape index (κ2) is 7.97. The molecular weight excluding hydrogens is 357 g/mol. The van der Waals surface area contributed by atoms with E-state index >= 15 is 0 Å². The third-order valence-corrected chi connectivity index (χ3v) is 5.71. The van der Waals surface area contributed by atoms with Crippen LogP contribution in [0.4, 0.5) is 10.1 Å². The number of aromatic carboxylic acids is 1. The van der Waals surface area contributed by atoms with Gasteiger partial charge >= 0.3 is 5.97 Å². The van der Waals surface area contributed by atoms with Gasteiger partial charge in [-0.25, -0.2) is 9.18 Å². The predicted molar refractivity (Wildman–Crippen MR) is 105 cm³/mol. The quantitative estimate of drug-likeness (QED) is 0.860. The number of pyridine rings is 1. The monoisotopic (exact) mass is 381 g/mol. The van der Waals surface area contributed by atoms with Gasteiger partial charge < -0.3 is 10.0 Å². The van der Waals surface area contributed by atoms with Gasteiger partial charge in [-0.3, -0.25) is 4.98 Å². The molecule has 0 spiro atoms. The van der Waals surface area contributed by atoms with E-state index in [4.69, 9.17) is 0 Å². The Morgan fingerprint density at radius 1 is 1.29 bits per heavy atom. The number of piperidine rings is 1. The molecule has 1 N–H and O–H groups in total. The highest BCUT2D eigenvalue weighted by Gasteiger charge is 2.26. The average molecular weight is 381 g/mol. The van der Waals surface area contributed by atoms with Crippen molar-refractivity contribution in [2.45, 2.75) is 40.0 Å². The fourth-order valence-electron chi connectivity index (χ4n) is 4.26.